The first kappa shape index (κ1) is 19.7. The molecule has 0 aliphatic heterocycles. The molecule has 0 saturated heterocycles. The number of rotatable bonds is 9. The summed E-state index contributed by atoms with van der Waals surface area (Å²) in [5, 5.41) is 16.9. The Morgan fingerprint density at radius 1 is 1.19 bits per heavy atom. The van der Waals surface area contributed by atoms with Gasteiger partial charge in [0.1, 0.15) is 6.61 Å². The van der Waals surface area contributed by atoms with Crippen LogP contribution in [0.25, 0.3) is 17.3 Å². The van der Waals surface area contributed by atoms with Gasteiger partial charge in [0.05, 0.1) is 11.8 Å². The van der Waals surface area contributed by atoms with E-state index >= 15 is 0 Å². The van der Waals surface area contributed by atoms with Crippen LogP contribution in [0.15, 0.2) is 43.0 Å². The lowest BCUT2D eigenvalue weighted by Crippen LogP contribution is -1.99. The van der Waals surface area contributed by atoms with E-state index in [-0.39, 0.29) is 35.4 Å². The van der Waals surface area contributed by atoms with E-state index in [1.54, 1.807) is 31.2 Å². The highest BCUT2D eigenvalue weighted by Crippen LogP contribution is 2.26. The molecule has 0 radical (unpaired) electrons. The van der Waals surface area contributed by atoms with Crippen LogP contribution < -0.4 is 4.74 Å². The van der Waals surface area contributed by atoms with Crippen LogP contribution in [0.1, 0.15) is 31.7 Å². The predicted molar refractivity (Wildman–Crippen MR) is 97.6 cm³/mol. The lowest BCUT2D eigenvalue weighted by Gasteiger charge is -2.07. The van der Waals surface area contributed by atoms with Crippen LogP contribution in [-0.4, -0.2) is 28.0 Å². The van der Waals surface area contributed by atoms with E-state index in [1.165, 1.54) is 18.2 Å². The van der Waals surface area contributed by atoms with Crippen LogP contribution in [-0.2, 0) is 0 Å². The minimum Gasteiger partial charge on any atom is -0.472 e. The summed E-state index contributed by atoms with van der Waals surface area (Å²) >= 11 is 0. The van der Waals surface area contributed by atoms with E-state index < -0.39 is 11.6 Å². The predicted octanol–water partition coefficient (Wildman–Crippen LogP) is 4.55. The maximum absolute atomic E-state index is 14.4. The minimum absolute atomic E-state index is 0.0384. The smallest absolute Gasteiger partial charge is 0.233 e. The zero-order valence-electron chi connectivity index (χ0n) is 14.7. The first-order chi connectivity index (χ1) is 12.5. The average molecular weight is 360 g/mol. The molecule has 0 bridgehead atoms. The van der Waals surface area contributed by atoms with Gasteiger partial charge in [0.2, 0.25) is 5.88 Å². The fourth-order valence-electron chi connectivity index (χ4n) is 2.32. The SMILES string of the molecule is C=CCOc1ccc(-c2ccc(C=CCCCC(C)O)c(F)c2F)nn1. The summed E-state index contributed by atoms with van der Waals surface area (Å²) < 4.78 is 33.9. The molecule has 1 unspecified atom stereocenters. The van der Waals surface area contributed by atoms with Crippen molar-refractivity contribution in [3.8, 4) is 17.1 Å². The van der Waals surface area contributed by atoms with Gasteiger partial charge >= 0.3 is 0 Å². The highest BCUT2D eigenvalue weighted by Gasteiger charge is 2.15. The van der Waals surface area contributed by atoms with Crippen molar-refractivity contribution in [2.24, 2.45) is 0 Å². The molecule has 1 atom stereocenters. The summed E-state index contributed by atoms with van der Waals surface area (Å²) in [4.78, 5) is 0. The fraction of sp³-hybridized carbons (Fsp3) is 0.300. The number of nitrogens with zero attached hydrogens (tertiary/aromatic N) is 2. The normalized spacial score (nSPS) is 12.3. The third-order valence-corrected chi connectivity index (χ3v) is 3.67. The highest BCUT2D eigenvalue weighted by molar-refractivity contribution is 5.63. The van der Waals surface area contributed by atoms with Crippen LogP contribution in [0.5, 0.6) is 5.88 Å². The quantitative estimate of drug-likeness (QED) is 0.526. The second-order valence-corrected chi connectivity index (χ2v) is 5.87. The molecule has 1 heterocycles. The van der Waals surface area contributed by atoms with Crippen LogP contribution in [0.2, 0.25) is 0 Å². The molecule has 0 fully saturated rings. The second kappa shape index (κ2) is 9.77. The van der Waals surface area contributed by atoms with Crippen molar-refractivity contribution in [2.45, 2.75) is 32.3 Å². The van der Waals surface area contributed by atoms with Gasteiger partial charge in [0.15, 0.2) is 11.6 Å². The number of halogens is 2. The minimum atomic E-state index is -0.967. The summed E-state index contributed by atoms with van der Waals surface area (Å²) in [7, 11) is 0. The van der Waals surface area contributed by atoms with Crippen molar-refractivity contribution in [3.05, 3.63) is 60.2 Å². The van der Waals surface area contributed by atoms with E-state index in [0.717, 1.165) is 6.42 Å². The molecular formula is C20H22F2N2O2. The molecule has 26 heavy (non-hydrogen) atoms. The molecule has 0 saturated carbocycles. The maximum Gasteiger partial charge on any atom is 0.233 e. The summed E-state index contributed by atoms with van der Waals surface area (Å²) in [5.74, 6) is -1.61. The van der Waals surface area contributed by atoms with Crippen molar-refractivity contribution in [1.82, 2.24) is 10.2 Å². The van der Waals surface area contributed by atoms with Gasteiger partial charge in [-0.2, -0.15) is 0 Å². The number of unbranched alkanes of at least 4 members (excludes halogenated alkanes) is 1. The molecule has 6 heteroatoms. The van der Waals surface area contributed by atoms with E-state index in [9.17, 15) is 13.9 Å². The fourth-order valence-corrected chi connectivity index (χ4v) is 2.32. The molecule has 0 amide bonds. The Morgan fingerprint density at radius 3 is 2.65 bits per heavy atom. The average Bonchev–Trinajstić information content (AvgIpc) is 2.63. The molecule has 2 aromatic rings. The van der Waals surface area contributed by atoms with Crippen LogP contribution in [0.4, 0.5) is 8.78 Å². The molecule has 1 aromatic heterocycles. The Hall–Kier alpha value is -2.60. The van der Waals surface area contributed by atoms with Gasteiger partial charge in [0, 0.05) is 17.2 Å². The lowest BCUT2D eigenvalue weighted by atomic mass is 10.1. The van der Waals surface area contributed by atoms with E-state index in [4.69, 9.17) is 4.74 Å². The molecular weight excluding hydrogens is 338 g/mol. The third kappa shape index (κ3) is 5.46. The first-order valence-corrected chi connectivity index (χ1v) is 8.43. The van der Waals surface area contributed by atoms with Crippen molar-refractivity contribution >= 4 is 6.08 Å². The Morgan fingerprint density at radius 2 is 2.00 bits per heavy atom. The summed E-state index contributed by atoms with van der Waals surface area (Å²) in [6.45, 7) is 5.54. The number of hydrogen-bond donors (Lipinski definition) is 1. The first-order valence-electron chi connectivity index (χ1n) is 8.43. The molecule has 138 valence electrons. The van der Waals surface area contributed by atoms with E-state index in [2.05, 4.69) is 16.8 Å². The summed E-state index contributed by atoms with van der Waals surface area (Å²) in [6.07, 6.45) is 6.67. The van der Waals surface area contributed by atoms with Gasteiger partial charge in [-0.15, -0.1) is 10.2 Å². The number of hydrogen-bond acceptors (Lipinski definition) is 4. The number of benzene rings is 1. The summed E-state index contributed by atoms with van der Waals surface area (Å²) in [6, 6.07) is 6.04. The molecule has 0 spiro atoms. The standard InChI is InChI=1S/C20H22F2N2O2/c1-3-13-26-18-12-11-17(23-24-18)16-10-9-15(19(21)20(16)22)8-6-4-5-7-14(2)25/h3,6,8-12,14,25H,1,4-5,7,13H2,2H3. The van der Waals surface area contributed by atoms with Crippen LogP contribution >= 0.6 is 0 Å². The molecule has 0 aliphatic rings. The number of aliphatic hydroxyl groups is 1. The molecule has 1 aromatic carbocycles. The number of allylic oxidation sites excluding steroid dienone is 1. The highest BCUT2D eigenvalue weighted by atomic mass is 19.2. The number of ether oxygens (including phenoxy) is 1. The zero-order chi connectivity index (χ0) is 18.9. The van der Waals surface area contributed by atoms with Crippen molar-refractivity contribution in [1.29, 1.82) is 0 Å². The molecule has 1 N–H and O–H groups in total. The van der Waals surface area contributed by atoms with Gasteiger partial charge in [-0.1, -0.05) is 30.9 Å². The van der Waals surface area contributed by atoms with Gasteiger partial charge in [-0.05, 0) is 38.3 Å². The van der Waals surface area contributed by atoms with Gasteiger partial charge in [-0.25, -0.2) is 8.78 Å². The molecule has 0 aliphatic carbocycles. The third-order valence-electron chi connectivity index (χ3n) is 3.67. The Kier molecular flexibility index (Phi) is 7.41. The van der Waals surface area contributed by atoms with Crippen molar-refractivity contribution in [3.63, 3.8) is 0 Å². The van der Waals surface area contributed by atoms with Gasteiger partial charge in [0.25, 0.3) is 0 Å². The van der Waals surface area contributed by atoms with Crippen LogP contribution in [0.3, 0.4) is 0 Å². The number of aromatic nitrogens is 2. The zero-order valence-corrected chi connectivity index (χ0v) is 14.7. The molecule has 2 rings (SSSR count). The van der Waals surface area contributed by atoms with Crippen LogP contribution in [0, 0.1) is 11.6 Å². The Labute approximate surface area is 151 Å². The monoisotopic (exact) mass is 360 g/mol. The second-order valence-electron chi connectivity index (χ2n) is 5.87. The Bertz CT molecular complexity index is 759. The van der Waals surface area contributed by atoms with Crippen molar-refractivity contribution < 1.29 is 18.6 Å². The Balaban J connectivity index is 2.11. The van der Waals surface area contributed by atoms with Crippen molar-refractivity contribution in [2.75, 3.05) is 6.61 Å². The maximum atomic E-state index is 14.4. The summed E-state index contributed by atoms with van der Waals surface area (Å²) in [5.41, 5.74) is 0.429. The van der Waals surface area contributed by atoms with Gasteiger partial charge < -0.3 is 9.84 Å². The topological polar surface area (TPSA) is 55.2 Å². The van der Waals surface area contributed by atoms with E-state index in [0.29, 0.717) is 12.8 Å². The largest absolute Gasteiger partial charge is 0.472 e. The van der Waals surface area contributed by atoms with Gasteiger partial charge in [-0.3, -0.25) is 0 Å². The van der Waals surface area contributed by atoms with E-state index in [1.807, 2.05) is 0 Å². The lowest BCUT2D eigenvalue weighted by molar-refractivity contribution is 0.182. The number of aliphatic hydroxyl groups excluding tert-OH is 1. The molecule has 4 nitrogen and oxygen atoms in total.